The van der Waals surface area contributed by atoms with Crippen LogP contribution in [-0.2, 0) is 6.42 Å². The first-order valence-corrected chi connectivity index (χ1v) is 9.83. The van der Waals surface area contributed by atoms with Crippen molar-refractivity contribution in [3.05, 3.63) is 63.3 Å². The number of rotatable bonds is 2. The van der Waals surface area contributed by atoms with Crippen LogP contribution in [0.5, 0.6) is 0 Å². The third kappa shape index (κ3) is 3.60. The fourth-order valence-corrected chi connectivity index (χ4v) is 4.00. The number of benzene rings is 1. The smallest absolute Gasteiger partial charge is 0.189 e. The average Bonchev–Trinajstić information content (AvgIpc) is 2.65. The van der Waals surface area contributed by atoms with Gasteiger partial charge >= 0.3 is 0 Å². The van der Waals surface area contributed by atoms with Gasteiger partial charge in [0.25, 0.3) is 0 Å². The number of likely N-dealkylation sites (N-methyl/N-ethyl adjacent to an activating group) is 1. The van der Waals surface area contributed by atoms with Crippen LogP contribution in [0.3, 0.4) is 0 Å². The van der Waals surface area contributed by atoms with Crippen LogP contribution in [0.1, 0.15) is 27.9 Å². The Morgan fingerprint density at radius 1 is 1.08 bits per heavy atom. The van der Waals surface area contributed by atoms with Crippen LogP contribution in [0.25, 0.3) is 6.08 Å². The molecule has 2 aromatic rings. The minimum atomic E-state index is 0.141. The number of Topliss-reactive ketones (excluding diaryl/α,β-unsaturated/α-hetero) is 1. The molecule has 1 aromatic heterocycles. The minimum absolute atomic E-state index is 0.141. The summed E-state index contributed by atoms with van der Waals surface area (Å²) >= 11 is 3.48. The predicted molar refractivity (Wildman–Crippen MR) is 109 cm³/mol. The first-order valence-electron chi connectivity index (χ1n) is 9.03. The molecule has 2 aliphatic rings. The van der Waals surface area contributed by atoms with Crippen molar-refractivity contribution < 1.29 is 4.79 Å². The SMILES string of the molecule is CN1CCN(c2ccc(C=C3CCc4cc(Br)ccc4C3=O)cn2)CC1. The number of anilines is 1. The second kappa shape index (κ2) is 7.33. The number of hydrogen-bond donors (Lipinski definition) is 0. The number of piperazine rings is 1. The number of carbonyl (C=O) groups is 1. The van der Waals surface area contributed by atoms with E-state index in [2.05, 4.69) is 56.0 Å². The number of pyridine rings is 1. The summed E-state index contributed by atoms with van der Waals surface area (Å²) in [6, 6.07) is 10.0. The number of aryl methyl sites for hydroxylation is 1. The first kappa shape index (κ1) is 17.4. The van der Waals surface area contributed by atoms with E-state index in [4.69, 9.17) is 0 Å². The van der Waals surface area contributed by atoms with Crippen molar-refractivity contribution in [2.75, 3.05) is 38.1 Å². The summed E-state index contributed by atoms with van der Waals surface area (Å²) in [5, 5.41) is 0. The minimum Gasteiger partial charge on any atom is -0.354 e. The summed E-state index contributed by atoms with van der Waals surface area (Å²) in [5.74, 6) is 1.16. The van der Waals surface area contributed by atoms with Gasteiger partial charge in [-0.25, -0.2) is 4.98 Å². The topological polar surface area (TPSA) is 36.4 Å². The van der Waals surface area contributed by atoms with Crippen LogP contribution in [0.2, 0.25) is 0 Å². The highest BCUT2D eigenvalue weighted by atomic mass is 79.9. The predicted octanol–water partition coefficient (Wildman–Crippen LogP) is 3.81. The van der Waals surface area contributed by atoms with Crippen molar-refractivity contribution in [3.8, 4) is 0 Å². The van der Waals surface area contributed by atoms with E-state index in [9.17, 15) is 4.79 Å². The Hall–Kier alpha value is -1.98. The molecule has 1 aliphatic carbocycles. The molecule has 26 heavy (non-hydrogen) atoms. The van der Waals surface area contributed by atoms with Crippen LogP contribution in [-0.4, -0.2) is 48.9 Å². The molecule has 0 N–H and O–H groups in total. The third-order valence-corrected chi connectivity index (χ3v) is 5.70. The monoisotopic (exact) mass is 411 g/mol. The number of nitrogens with zero attached hydrogens (tertiary/aromatic N) is 3. The molecule has 1 aromatic carbocycles. The number of ketones is 1. The molecule has 1 fully saturated rings. The van der Waals surface area contributed by atoms with Gasteiger partial charge in [0.05, 0.1) is 0 Å². The molecule has 0 radical (unpaired) electrons. The summed E-state index contributed by atoms with van der Waals surface area (Å²) in [5.41, 5.74) is 3.82. The van der Waals surface area contributed by atoms with Gasteiger partial charge in [0.1, 0.15) is 5.82 Å². The number of allylic oxidation sites excluding steroid dienone is 1. The van der Waals surface area contributed by atoms with Crippen molar-refractivity contribution in [1.82, 2.24) is 9.88 Å². The fourth-order valence-electron chi connectivity index (χ4n) is 3.59. The third-order valence-electron chi connectivity index (χ3n) is 5.21. The van der Waals surface area contributed by atoms with E-state index in [0.717, 1.165) is 71.6 Å². The van der Waals surface area contributed by atoms with E-state index in [-0.39, 0.29) is 5.78 Å². The van der Waals surface area contributed by atoms with Crippen molar-refractivity contribution in [2.45, 2.75) is 12.8 Å². The van der Waals surface area contributed by atoms with Gasteiger partial charge in [-0.3, -0.25) is 4.79 Å². The second-order valence-electron chi connectivity index (χ2n) is 7.04. The highest BCUT2D eigenvalue weighted by molar-refractivity contribution is 9.10. The number of hydrogen-bond acceptors (Lipinski definition) is 4. The Morgan fingerprint density at radius 3 is 2.62 bits per heavy atom. The van der Waals surface area contributed by atoms with E-state index in [1.54, 1.807) is 0 Å². The highest BCUT2D eigenvalue weighted by Crippen LogP contribution is 2.29. The number of aromatic nitrogens is 1. The lowest BCUT2D eigenvalue weighted by atomic mass is 9.86. The first-order chi connectivity index (χ1) is 12.6. The van der Waals surface area contributed by atoms with Gasteiger partial charge in [-0.15, -0.1) is 0 Å². The maximum atomic E-state index is 12.8. The van der Waals surface area contributed by atoms with Gasteiger partial charge in [-0.05, 0) is 67.4 Å². The maximum Gasteiger partial charge on any atom is 0.189 e. The Kier molecular flexibility index (Phi) is 4.92. The standard InChI is InChI=1S/C21H22BrN3O/c1-24-8-10-25(11-9-24)20-7-2-15(14-23-20)12-17-4-3-16-13-18(22)5-6-19(16)21(17)26/h2,5-7,12-14H,3-4,8-11H2,1H3. The van der Waals surface area contributed by atoms with Crippen molar-refractivity contribution >= 4 is 33.6 Å². The van der Waals surface area contributed by atoms with Crippen molar-refractivity contribution in [3.63, 3.8) is 0 Å². The summed E-state index contributed by atoms with van der Waals surface area (Å²) in [4.78, 5) is 22.0. The van der Waals surface area contributed by atoms with E-state index in [1.165, 1.54) is 0 Å². The summed E-state index contributed by atoms with van der Waals surface area (Å²) in [6.45, 7) is 4.15. The highest BCUT2D eigenvalue weighted by Gasteiger charge is 2.22. The molecule has 0 spiro atoms. The maximum absolute atomic E-state index is 12.8. The van der Waals surface area contributed by atoms with Crippen LogP contribution >= 0.6 is 15.9 Å². The van der Waals surface area contributed by atoms with Crippen LogP contribution in [0, 0.1) is 0 Å². The van der Waals surface area contributed by atoms with Crippen LogP contribution < -0.4 is 4.90 Å². The summed E-state index contributed by atoms with van der Waals surface area (Å²) < 4.78 is 1.03. The normalized spacial score (nSPS) is 19.7. The number of fused-ring (bicyclic) bond motifs is 1. The Labute approximate surface area is 162 Å². The lowest BCUT2D eigenvalue weighted by Gasteiger charge is -2.33. The molecule has 0 saturated carbocycles. The Balaban J connectivity index is 1.52. The molecule has 134 valence electrons. The molecule has 4 nitrogen and oxygen atoms in total. The molecule has 1 saturated heterocycles. The van der Waals surface area contributed by atoms with Crippen molar-refractivity contribution in [2.24, 2.45) is 0 Å². The molecule has 5 heteroatoms. The summed E-state index contributed by atoms with van der Waals surface area (Å²) in [6.07, 6.45) is 5.56. The molecular formula is C21H22BrN3O. The fraction of sp³-hybridized carbons (Fsp3) is 0.333. The molecular weight excluding hydrogens is 390 g/mol. The number of carbonyl (C=O) groups excluding carboxylic acids is 1. The average molecular weight is 412 g/mol. The van der Waals surface area contributed by atoms with Crippen LogP contribution in [0.15, 0.2) is 46.6 Å². The van der Waals surface area contributed by atoms with Gasteiger partial charge in [0.15, 0.2) is 5.78 Å². The lowest BCUT2D eigenvalue weighted by Crippen LogP contribution is -2.44. The molecule has 0 unspecified atom stereocenters. The van der Waals surface area contributed by atoms with Gasteiger partial charge in [0, 0.05) is 48.0 Å². The molecule has 1 aliphatic heterocycles. The van der Waals surface area contributed by atoms with Gasteiger partial charge in [0.2, 0.25) is 0 Å². The molecule has 0 atom stereocenters. The van der Waals surface area contributed by atoms with Gasteiger partial charge < -0.3 is 9.80 Å². The van der Waals surface area contributed by atoms with Gasteiger partial charge in [-0.2, -0.15) is 0 Å². The van der Waals surface area contributed by atoms with Gasteiger partial charge in [-0.1, -0.05) is 15.9 Å². The number of halogens is 1. The van der Waals surface area contributed by atoms with E-state index >= 15 is 0 Å². The quantitative estimate of drug-likeness (QED) is 0.703. The summed E-state index contributed by atoms with van der Waals surface area (Å²) in [7, 11) is 2.15. The second-order valence-corrected chi connectivity index (χ2v) is 7.96. The molecule has 2 heterocycles. The molecule has 4 rings (SSSR count). The van der Waals surface area contributed by atoms with E-state index < -0.39 is 0 Å². The lowest BCUT2D eigenvalue weighted by molar-refractivity contribution is 0.102. The zero-order valence-electron chi connectivity index (χ0n) is 14.9. The van der Waals surface area contributed by atoms with Crippen LogP contribution in [0.4, 0.5) is 5.82 Å². The molecule has 0 bridgehead atoms. The molecule has 0 amide bonds. The van der Waals surface area contributed by atoms with E-state index in [0.29, 0.717) is 0 Å². The van der Waals surface area contributed by atoms with E-state index in [1.807, 2.05) is 24.4 Å². The van der Waals surface area contributed by atoms with Crippen molar-refractivity contribution in [1.29, 1.82) is 0 Å². The Bertz CT molecular complexity index is 852. The zero-order valence-corrected chi connectivity index (χ0v) is 16.5. The zero-order chi connectivity index (χ0) is 18.1. The Morgan fingerprint density at radius 2 is 1.88 bits per heavy atom. The largest absolute Gasteiger partial charge is 0.354 e.